The van der Waals surface area contributed by atoms with Gasteiger partial charge in [0.1, 0.15) is 0 Å². The number of aryl methyl sites for hydroxylation is 1. The molecular formula is C19H14F3N5O2. The maximum atomic E-state index is 12.8. The van der Waals surface area contributed by atoms with Crippen LogP contribution in [0.3, 0.4) is 0 Å². The van der Waals surface area contributed by atoms with Crippen molar-refractivity contribution in [2.45, 2.75) is 19.6 Å². The van der Waals surface area contributed by atoms with Gasteiger partial charge in [0.15, 0.2) is 11.2 Å². The molecule has 2 aromatic heterocycles. The molecule has 148 valence electrons. The fourth-order valence-corrected chi connectivity index (χ4v) is 3.05. The first-order valence-corrected chi connectivity index (χ1v) is 8.56. The van der Waals surface area contributed by atoms with Gasteiger partial charge in [0.05, 0.1) is 16.6 Å². The van der Waals surface area contributed by atoms with Crippen LogP contribution in [0.2, 0.25) is 0 Å². The van der Waals surface area contributed by atoms with Crippen LogP contribution in [-0.4, -0.2) is 25.7 Å². The van der Waals surface area contributed by atoms with E-state index in [1.54, 1.807) is 12.1 Å². The molecule has 2 aromatic carbocycles. The molecule has 0 saturated heterocycles. The van der Waals surface area contributed by atoms with Crippen LogP contribution in [0, 0.1) is 6.92 Å². The van der Waals surface area contributed by atoms with E-state index in [2.05, 4.69) is 20.6 Å². The largest absolute Gasteiger partial charge is 0.416 e. The van der Waals surface area contributed by atoms with Gasteiger partial charge < -0.3 is 10.3 Å². The predicted molar refractivity (Wildman–Crippen MR) is 98.5 cm³/mol. The van der Waals surface area contributed by atoms with Crippen LogP contribution in [0.5, 0.6) is 0 Å². The van der Waals surface area contributed by atoms with Crippen molar-refractivity contribution >= 4 is 22.5 Å². The third-order valence-corrected chi connectivity index (χ3v) is 4.44. The zero-order chi connectivity index (χ0) is 20.8. The number of nitrogens with zero attached hydrogens (tertiary/aromatic N) is 3. The zero-order valence-corrected chi connectivity index (χ0v) is 15.0. The van der Waals surface area contributed by atoms with Crippen LogP contribution in [0.4, 0.5) is 13.2 Å². The molecule has 0 atom stereocenters. The predicted octanol–water partition coefficient (Wildman–Crippen LogP) is 2.83. The molecule has 4 aromatic rings. The molecule has 2 heterocycles. The van der Waals surface area contributed by atoms with Crippen LogP contribution in [0.1, 0.15) is 27.2 Å². The molecule has 1 amide bonds. The number of fused-ring (bicyclic) bond motifs is 3. The number of carbonyl (C=O) groups is 1. The fraction of sp³-hybridized carbons (Fsp3) is 0.158. The Morgan fingerprint density at radius 2 is 2.00 bits per heavy atom. The molecule has 0 radical (unpaired) electrons. The van der Waals surface area contributed by atoms with E-state index in [9.17, 15) is 22.8 Å². The molecule has 0 saturated carbocycles. The average molecular weight is 401 g/mol. The third-order valence-electron chi connectivity index (χ3n) is 4.44. The van der Waals surface area contributed by atoms with Gasteiger partial charge in [0.2, 0.25) is 0 Å². The summed E-state index contributed by atoms with van der Waals surface area (Å²) in [4.78, 5) is 27.7. The molecule has 0 unspecified atom stereocenters. The van der Waals surface area contributed by atoms with Gasteiger partial charge in [-0.1, -0.05) is 23.4 Å². The second-order valence-electron chi connectivity index (χ2n) is 6.55. The Morgan fingerprint density at radius 3 is 2.76 bits per heavy atom. The van der Waals surface area contributed by atoms with E-state index >= 15 is 0 Å². The summed E-state index contributed by atoms with van der Waals surface area (Å²) >= 11 is 0. The number of benzene rings is 2. The summed E-state index contributed by atoms with van der Waals surface area (Å²) < 4.78 is 39.7. The summed E-state index contributed by atoms with van der Waals surface area (Å²) in [6, 6.07) is 9.96. The van der Waals surface area contributed by atoms with Gasteiger partial charge in [-0.2, -0.15) is 13.2 Å². The summed E-state index contributed by atoms with van der Waals surface area (Å²) in [7, 11) is 0. The number of carbonyl (C=O) groups excluding carboxylic acids is 1. The Kier molecular flexibility index (Phi) is 4.33. The van der Waals surface area contributed by atoms with Crippen molar-refractivity contribution in [3.8, 4) is 0 Å². The number of rotatable bonds is 3. The van der Waals surface area contributed by atoms with Crippen molar-refractivity contribution in [2.75, 3.05) is 0 Å². The molecule has 10 heteroatoms. The van der Waals surface area contributed by atoms with E-state index in [1.165, 1.54) is 16.6 Å². The van der Waals surface area contributed by atoms with Crippen LogP contribution in [0.15, 0.2) is 47.3 Å². The standard InChI is InChI=1S/C19H14F3N5O2/c1-10-5-6-14-13(7-10)24-18(29)16-15(25-26-27(14)16)17(28)23-9-11-3-2-4-12(8-11)19(20,21)22/h2-8H,9H2,1H3,(H,23,28)(H,24,29). The topological polar surface area (TPSA) is 92.1 Å². The van der Waals surface area contributed by atoms with Crippen LogP contribution in [-0.2, 0) is 12.7 Å². The van der Waals surface area contributed by atoms with Crippen molar-refractivity contribution in [3.05, 3.63) is 75.2 Å². The lowest BCUT2D eigenvalue weighted by Crippen LogP contribution is -2.25. The highest BCUT2D eigenvalue weighted by Gasteiger charge is 2.30. The molecule has 0 bridgehead atoms. The van der Waals surface area contributed by atoms with Crippen LogP contribution in [0.25, 0.3) is 16.6 Å². The lowest BCUT2D eigenvalue weighted by molar-refractivity contribution is -0.137. The molecule has 0 aliphatic carbocycles. The third kappa shape index (κ3) is 3.44. The smallest absolute Gasteiger partial charge is 0.346 e. The normalized spacial score (nSPS) is 11.9. The Balaban J connectivity index is 1.65. The van der Waals surface area contributed by atoms with Gasteiger partial charge in [-0.3, -0.25) is 9.59 Å². The van der Waals surface area contributed by atoms with Gasteiger partial charge in [-0.25, -0.2) is 4.52 Å². The second kappa shape index (κ2) is 6.73. The summed E-state index contributed by atoms with van der Waals surface area (Å²) in [5.74, 6) is -0.714. The maximum Gasteiger partial charge on any atom is 0.416 e. The van der Waals surface area contributed by atoms with E-state index in [0.29, 0.717) is 11.0 Å². The molecule has 0 fully saturated rings. The fourth-order valence-electron chi connectivity index (χ4n) is 3.05. The Morgan fingerprint density at radius 1 is 1.21 bits per heavy atom. The highest BCUT2D eigenvalue weighted by atomic mass is 19.4. The Hall–Kier alpha value is -3.69. The first-order valence-electron chi connectivity index (χ1n) is 8.56. The number of amides is 1. The van der Waals surface area contributed by atoms with Crippen molar-refractivity contribution in [1.29, 1.82) is 0 Å². The van der Waals surface area contributed by atoms with Crippen LogP contribution < -0.4 is 10.9 Å². The van der Waals surface area contributed by atoms with Gasteiger partial charge in [0.25, 0.3) is 11.5 Å². The van der Waals surface area contributed by atoms with Crippen molar-refractivity contribution in [1.82, 2.24) is 25.1 Å². The number of aromatic nitrogens is 4. The Bertz CT molecular complexity index is 1310. The van der Waals surface area contributed by atoms with Gasteiger partial charge in [0, 0.05) is 6.54 Å². The monoisotopic (exact) mass is 401 g/mol. The van der Waals surface area contributed by atoms with E-state index < -0.39 is 23.2 Å². The quantitative estimate of drug-likeness (QED) is 0.552. The molecule has 2 N–H and O–H groups in total. The number of H-pyrrole nitrogens is 1. The summed E-state index contributed by atoms with van der Waals surface area (Å²) in [6.07, 6.45) is -4.48. The van der Waals surface area contributed by atoms with Gasteiger partial charge >= 0.3 is 6.18 Å². The highest BCUT2D eigenvalue weighted by Crippen LogP contribution is 2.29. The molecule has 0 aliphatic heterocycles. The number of halogens is 3. The number of alkyl halides is 3. The lowest BCUT2D eigenvalue weighted by Gasteiger charge is -2.09. The van der Waals surface area contributed by atoms with E-state index in [4.69, 9.17) is 0 Å². The van der Waals surface area contributed by atoms with E-state index in [0.717, 1.165) is 17.7 Å². The second-order valence-corrected chi connectivity index (χ2v) is 6.55. The van der Waals surface area contributed by atoms with Crippen LogP contribution >= 0.6 is 0 Å². The molecule has 4 rings (SSSR count). The van der Waals surface area contributed by atoms with E-state index in [1.807, 2.05) is 13.0 Å². The van der Waals surface area contributed by atoms with Crippen molar-refractivity contribution in [3.63, 3.8) is 0 Å². The minimum atomic E-state index is -4.48. The minimum Gasteiger partial charge on any atom is -0.346 e. The summed E-state index contributed by atoms with van der Waals surface area (Å²) in [6.45, 7) is 1.71. The molecule has 0 aliphatic rings. The van der Waals surface area contributed by atoms with Crippen molar-refractivity contribution in [2.24, 2.45) is 0 Å². The maximum absolute atomic E-state index is 12.8. The number of aromatic amines is 1. The Labute approximate surface area is 161 Å². The number of hydrogen-bond donors (Lipinski definition) is 2. The number of nitrogens with one attached hydrogen (secondary N) is 2. The van der Waals surface area contributed by atoms with Gasteiger partial charge in [-0.05, 0) is 42.3 Å². The molecular weight excluding hydrogens is 387 g/mol. The molecule has 7 nitrogen and oxygen atoms in total. The van der Waals surface area contributed by atoms with Crippen molar-refractivity contribution < 1.29 is 18.0 Å². The molecule has 0 spiro atoms. The van der Waals surface area contributed by atoms with E-state index in [-0.39, 0.29) is 23.3 Å². The van der Waals surface area contributed by atoms with Gasteiger partial charge in [-0.15, -0.1) is 5.10 Å². The minimum absolute atomic E-state index is 0.0390. The first-order chi connectivity index (χ1) is 13.7. The zero-order valence-electron chi connectivity index (χ0n) is 15.0. The average Bonchev–Trinajstić information content (AvgIpc) is 3.11. The SMILES string of the molecule is Cc1ccc2c(c1)[nH]c(=O)c1c(C(=O)NCc3cccc(C(F)(F)F)c3)nnn12. The first kappa shape index (κ1) is 18.7. The molecule has 29 heavy (non-hydrogen) atoms. The summed E-state index contributed by atoms with van der Waals surface area (Å²) in [5.41, 5.74) is 0.710. The highest BCUT2D eigenvalue weighted by molar-refractivity contribution is 5.99. The summed E-state index contributed by atoms with van der Waals surface area (Å²) in [5, 5.41) is 10.2. The lowest BCUT2D eigenvalue weighted by atomic mass is 10.1. The number of hydrogen-bond acceptors (Lipinski definition) is 4.